The van der Waals surface area contributed by atoms with Gasteiger partial charge in [-0.25, -0.2) is 19.9 Å². The molecule has 1 amide bonds. The number of hydrogen-bond acceptors (Lipinski definition) is 6. The van der Waals surface area contributed by atoms with Crippen LogP contribution in [0.1, 0.15) is 27.5 Å². The number of hydrogen-bond donors (Lipinski definition) is 1. The summed E-state index contributed by atoms with van der Waals surface area (Å²) in [5.74, 6) is -0.117. The number of carbonyl (C=O) groups is 1. The molecular formula is C26H24N6OS. The molecule has 3 heterocycles. The Labute approximate surface area is 201 Å². The van der Waals surface area contributed by atoms with E-state index in [1.807, 2.05) is 67.1 Å². The molecule has 0 fully saturated rings. The molecule has 0 aliphatic heterocycles. The molecule has 170 valence electrons. The largest absolute Gasteiger partial charge is 0.352 e. The molecule has 0 unspecified atom stereocenters. The number of nitrogens with zero attached hydrogens (tertiary/aromatic N) is 5. The average molecular weight is 469 g/mol. The Balaban J connectivity index is 1.45. The van der Waals surface area contributed by atoms with Crippen LogP contribution in [0, 0.1) is 13.8 Å². The second-order valence-corrected chi connectivity index (χ2v) is 9.25. The van der Waals surface area contributed by atoms with Crippen molar-refractivity contribution in [2.24, 2.45) is 0 Å². The zero-order valence-corrected chi connectivity index (χ0v) is 19.8. The Morgan fingerprint density at radius 2 is 1.82 bits per heavy atom. The molecule has 5 rings (SSSR count). The maximum atomic E-state index is 12.8. The average Bonchev–Trinajstić information content (AvgIpc) is 3.50. The maximum Gasteiger partial charge on any atom is 0.251 e. The molecule has 0 aliphatic rings. The summed E-state index contributed by atoms with van der Waals surface area (Å²) in [6.45, 7) is 5.39. The number of thiazole rings is 1. The number of amides is 1. The Bertz CT molecular complexity index is 1440. The summed E-state index contributed by atoms with van der Waals surface area (Å²) in [5.41, 5.74) is 5.54. The molecule has 7 nitrogen and oxygen atoms in total. The van der Waals surface area contributed by atoms with Gasteiger partial charge in [0.05, 0.1) is 38.6 Å². The Hall–Kier alpha value is -3.91. The number of rotatable bonds is 7. The first kappa shape index (κ1) is 21.9. The minimum absolute atomic E-state index is 0.117. The van der Waals surface area contributed by atoms with E-state index in [4.69, 9.17) is 9.97 Å². The highest BCUT2D eigenvalue weighted by molar-refractivity contribution is 7.15. The first-order valence-electron chi connectivity index (χ1n) is 11.1. The lowest BCUT2D eigenvalue weighted by Gasteiger charge is -2.11. The third-order valence-corrected chi connectivity index (χ3v) is 6.61. The number of imidazole rings is 1. The van der Waals surface area contributed by atoms with Crippen LogP contribution in [0.25, 0.3) is 32.9 Å². The quantitative estimate of drug-likeness (QED) is 0.338. The Morgan fingerprint density at radius 1 is 1.00 bits per heavy atom. The van der Waals surface area contributed by atoms with Crippen molar-refractivity contribution in [1.29, 1.82) is 0 Å². The van der Waals surface area contributed by atoms with Gasteiger partial charge in [-0.2, -0.15) is 0 Å². The van der Waals surface area contributed by atoms with Crippen LogP contribution >= 0.6 is 11.3 Å². The summed E-state index contributed by atoms with van der Waals surface area (Å²) in [6, 6.07) is 15.5. The number of carbonyl (C=O) groups excluding carboxylic acids is 1. The summed E-state index contributed by atoms with van der Waals surface area (Å²) in [6.07, 6.45) is 6.26. The molecule has 2 aromatic carbocycles. The van der Waals surface area contributed by atoms with E-state index in [2.05, 4.69) is 15.3 Å². The highest BCUT2D eigenvalue weighted by Crippen LogP contribution is 2.36. The lowest BCUT2D eigenvalue weighted by Crippen LogP contribution is -2.25. The van der Waals surface area contributed by atoms with Gasteiger partial charge in [0.2, 0.25) is 0 Å². The predicted molar refractivity (Wildman–Crippen MR) is 135 cm³/mol. The second-order valence-electron chi connectivity index (χ2n) is 8.05. The fraction of sp³-hybridized carbons (Fsp3) is 0.192. The van der Waals surface area contributed by atoms with Crippen LogP contribution in [0.3, 0.4) is 0 Å². The lowest BCUT2D eigenvalue weighted by atomic mass is 10.1. The van der Waals surface area contributed by atoms with Gasteiger partial charge in [0.15, 0.2) is 0 Å². The summed E-state index contributed by atoms with van der Waals surface area (Å²) in [5, 5.41) is 3.99. The maximum absolute atomic E-state index is 12.8. The molecule has 0 radical (unpaired) electrons. The van der Waals surface area contributed by atoms with Gasteiger partial charge in [-0.15, -0.1) is 11.3 Å². The van der Waals surface area contributed by atoms with E-state index >= 15 is 0 Å². The van der Waals surface area contributed by atoms with Crippen molar-refractivity contribution >= 4 is 28.3 Å². The lowest BCUT2D eigenvalue weighted by molar-refractivity contribution is 0.0953. The van der Waals surface area contributed by atoms with E-state index in [-0.39, 0.29) is 5.91 Å². The molecule has 0 saturated heterocycles. The van der Waals surface area contributed by atoms with Crippen molar-refractivity contribution in [3.63, 3.8) is 0 Å². The van der Waals surface area contributed by atoms with Gasteiger partial charge in [0.1, 0.15) is 5.69 Å². The zero-order valence-electron chi connectivity index (χ0n) is 19.0. The van der Waals surface area contributed by atoms with Crippen molar-refractivity contribution in [3.05, 3.63) is 83.5 Å². The third kappa shape index (κ3) is 4.58. The Morgan fingerprint density at radius 3 is 2.56 bits per heavy atom. The van der Waals surface area contributed by atoms with Gasteiger partial charge < -0.3 is 9.88 Å². The van der Waals surface area contributed by atoms with Crippen molar-refractivity contribution in [2.75, 3.05) is 6.54 Å². The fourth-order valence-corrected chi connectivity index (χ4v) is 4.80. The van der Waals surface area contributed by atoms with E-state index in [9.17, 15) is 4.79 Å². The van der Waals surface area contributed by atoms with E-state index in [0.717, 1.165) is 51.0 Å². The van der Waals surface area contributed by atoms with Crippen LogP contribution in [0.4, 0.5) is 0 Å². The Kier molecular flexibility index (Phi) is 6.14. The van der Waals surface area contributed by atoms with Gasteiger partial charge in [-0.3, -0.25) is 4.79 Å². The van der Waals surface area contributed by atoms with Gasteiger partial charge in [-0.1, -0.05) is 30.3 Å². The summed E-state index contributed by atoms with van der Waals surface area (Å²) >= 11 is 1.62. The molecule has 0 saturated carbocycles. The fourth-order valence-electron chi connectivity index (χ4n) is 3.89. The standard InChI is InChI=1S/C26H24N6OS/c1-17-25(34-18(2)29-17)24-23(19-7-4-3-5-8-19)31-22-15-20(9-10-21(22)30-24)26(33)28-11-6-13-32-14-12-27-16-32/h3-5,7-10,12,14-16H,6,11,13H2,1-2H3,(H,28,33). The van der Waals surface area contributed by atoms with Gasteiger partial charge >= 0.3 is 0 Å². The number of aryl methyl sites for hydroxylation is 3. The predicted octanol–water partition coefficient (Wildman–Crippen LogP) is 5.05. The highest BCUT2D eigenvalue weighted by atomic mass is 32.1. The van der Waals surface area contributed by atoms with Crippen LogP contribution in [-0.4, -0.2) is 37.0 Å². The van der Waals surface area contributed by atoms with Crippen molar-refractivity contribution in [3.8, 4) is 21.8 Å². The molecule has 1 N–H and O–H groups in total. The first-order chi connectivity index (χ1) is 16.6. The van der Waals surface area contributed by atoms with Crippen LogP contribution in [-0.2, 0) is 6.54 Å². The first-order valence-corrected chi connectivity index (χ1v) is 12.0. The van der Waals surface area contributed by atoms with Gasteiger partial charge in [0, 0.05) is 36.6 Å². The minimum atomic E-state index is -0.117. The molecule has 0 bridgehead atoms. The SMILES string of the molecule is Cc1nc(C)c(-c2nc3ccc(C(=O)NCCCn4ccnc4)cc3nc2-c2ccccc2)s1. The monoisotopic (exact) mass is 468 g/mol. The number of aromatic nitrogens is 5. The molecule has 0 atom stereocenters. The highest BCUT2D eigenvalue weighted by Gasteiger charge is 2.18. The smallest absolute Gasteiger partial charge is 0.251 e. The van der Waals surface area contributed by atoms with E-state index in [1.165, 1.54) is 0 Å². The molecule has 0 aliphatic carbocycles. The normalized spacial score (nSPS) is 11.1. The van der Waals surface area contributed by atoms with Gasteiger partial charge in [-0.05, 0) is 38.5 Å². The number of benzene rings is 2. The number of fused-ring (bicyclic) bond motifs is 1. The van der Waals surface area contributed by atoms with E-state index in [1.54, 1.807) is 29.9 Å². The molecule has 5 aromatic rings. The summed E-state index contributed by atoms with van der Waals surface area (Å²) < 4.78 is 1.99. The second kappa shape index (κ2) is 9.52. The minimum Gasteiger partial charge on any atom is -0.352 e. The third-order valence-electron chi connectivity index (χ3n) is 5.53. The van der Waals surface area contributed by atoms with Crippen molar-refractivity contribution in [1.82, 2.24) is 29.8 Å². The van der Waals surface area contributed by atoms with Gasteiger partial charge in [0.25, 0.3) is 5.91 Å². The summed E-state index contributed by atoms with van der Waals surface area (Å²) in [7, 11) is 0. The van der Waals surface area contributed by atoms with E-state index < -0.39 is 0 Å². The van der Waals surface area contributed by atoms with Crippen molar-refractivity contribution in [2.45, 2.75) is 26.8 Å². The van der Waals surface area contributed by atoms with Crippen molar-refractivity contribution < 1.29 is 4.79 Å². The van der Waals surface area contributed by atoms with Crippen LogP contribution in [0.2, 0.25) is 0 Å². The van der Waals surface area contributed by atoms with Crippen LogP contribution in [0.15, 0.2) is 67.3 Å². The topological polar surface area (TPSA) is 85.6 Å². The molecule has 8 heteroatoms. The van der Waals surface area contributed by atoms with E-state index in [0.29, 0.717) is 17.6 Å². The molecule has 3 aromatic heterocycles. The molecule has 34 heavy (non-hydrogen) atoms. The molecule has 0 spiro atoms. The molecular weight excluding hydrogens is 444 g/mol. The zero-order chi connectivity index (χ0) is 23.5. The summed E-state index contributed by atoms with van der Waals surface area (Å²) in [4.78, 5) is 32.3. The van der Waals surface area contributed by atoms with Crippen LogP contribution < -0.4 is 5.32 Å². The number of nitrogens with one attached hydrogen (secondary N) is 1. The van der Waals surface area contributed by atoms with Crippen LogP contribution in [0.5, 0.6) is 0 Å².